The number of rotatable bonds is 12. The van der Waals surface area contributed by atoms with Crippen LogP contribution in [0.2, 0.25) is 0 Å². The second-order valence-electron chi connectivity index (χ2n) is 9.96. The maximum atomic E-state index is 13.7. The summed E-state index contributed by atoms with van der Waals surface area (Å²) in [4.78, 5) is 36.3. The van der Waals surface area contributed by atoms with E-state index in [9.17, 15) is 33.0 Å². The Kier molecular flexibility index (Phi) is 10.3. The predicted octanol–water partition coefficient (Wildman–Crippen LogP) is 0.605. The molecular formula is C26H36N4O9S. The number of ether oxygens (including phenoxy) is 2. The van der Waals surface area contributed by atoms with Crippen molar-refractivity contribution in [3.05, 3.63) is 52.4 Å². The van der Waals surface area contributed by atoms with Crippen molar-refractivity contribution in [2.45, 2.75) is 56.9 Å². The van der Waals surface area contributed by atoms with Gasteiger partial charge >= 0.3 is 6.09 Å². The van der Waals surface area contributed by atoms with Crippen LogP contribution in [-0.2, 0) is 30.8 Å². The fourth-order valence-corrected chi connectivity index (χ4v) is 5.95. The Morgan fingerprint density at radius 1 is 1.30 bits per heavy atom. The highest BCUT2D eigenvalue weighted by molar-refractivity contribution is 7.89. The molecule has 0 saturated carbocycles. The number of nitrogens with zero attached hydrogens (tertiary/aromatic N) is 2. The zero-order valence-corrected chi connectivity index (χ0v) is 23.5. The first-order valence-electron chi connectivity index (χ1n) is 12.8. The summed E-state index contributed by atoms with van der Waals surface area (Å²) >= 11 is 0. The summed E-state index contributed by atoms with van der Waals surface area (Å²) in [7, 11) is -4.22. The number of hydrogen-bond acceptors (Lipinski definition) is 10. The highest BCUT2D eigenvalue weighted by atomic mass is 32.2. The van der Waals surface area contributed by atoms with Crippen molar-refractivity contribution in [3.63, 3.8) is 0 Å². The van der Waals surface area contributed by atoms with Crippen LogP contribution in [0.3, 0.4) is 0 Å². The molecule has 2 aromatic rings. The van der Waals surface area contributed by atoms with Gasteiger partial charge in [0.15, 0.2) is 5.75 Å². The SMILES string of the molecule is CC(=O)C(C)CN(C[C@@H](O)[C@@H](Cn1ccc(=O)c(O)c1)NC(=O)OC1CCOC1)S(=O)(=O)c1ccc(N)cc1C. The summed E-state index contributed by atoms with van der Waals surface area (Å²) in [5, 5.41) is 23.7. The van der Waals surface area contributed by atoms with E-state index in [0.717, 1.165) is 16.6 Å². The first-order chi connectivity index (χ1) is 18.8. The maximum absolute atomic E-state index is 13.7. The number of sulfonamides is 1. The molecule has 0 aliphatic carbocycles. The molecule has 1 aliphatic rings. The van der Waals surface area contributed by atoms with E-state index in [2.05, 4.69) is 5.32 Å². The number of aliphatic hydroxyl groups excluding tert-OH is 1. The second-order valence-corrected chi connectivity index (χ2v) is 11.9. The molecule has 1 aromatic carbocycles. The molecule has 1 aromatic heterocycles. The quantitative estimate of drug-likeness (QED) is 0.259. The fourth-order valence-electron chi connectivity index (χ4n) is 4.20. The summed E-state index contributed by atoms with van der Waals surface area (Å²) < 4.78 is 40.4. The lowest BCUT2D eigenvalue weighted by atomic mass is 10.1. The highest BCUT2D eigenvalue weighted by Gasteiger charge is 2.34. The Balaban J connectivity index is 1.92. The molecule has 2 heterocycles. The molecule has 0 radical (unpaired) electrons. The molecule has 1 aliphatic heterocycles. The van der Waals surface area contributed by atoms with Crippen LogP contribution in [0.5, 0.6) is 5.75 Å². The maximum Gasteiger partial charge on any atom is 0.407 e. The van der Waals surface area contributed by atoms with Crippen LogP contribution in [0.25, 0.3) is 0 Å². The average molecular weight is 581 g/mol. The molecule has 1 amide bonds. The summed E-state index contributed by atoms with van der Waals surface area (Å²) in [6.07, 6.45) is 0.149. The van der Waals surface area contributed by atoms with Gasteiger partial charge in [-0.05, 0) is 37.6 Å². The third kappa shape index (κ3) is 8.03. The number of pyridine rings is 1. The summed E-state index contributed by atoms with van der Waals surface area (Å²) in [5.41, 5.74) is 5.94. The largest absolute Gasteiger partial charge is 0.503 e. The number of aromatic nitrogens is 1. The molecular weight excluding hydrogens is 544 g/mol. The first kappa shape index (κ1) is 31.1. The number of aliphatic hydroxyl groups is 1. The van der Waals surface area contributed by atoms with Crippen molar-refractivity contribution >= 4 is 27.6 Å². The van der Waals surface area contributed by atoms with Gasteiger partial charge < -0.3 is 35.3 Å². The molecule has 4 atom stereocenters. The average Bonchev–Trinajstić information content (AvgIpc) is 3.37. The van der Waals surface area contributed by atoms with Gasteiger partial charge in [0.2, 0.25) is 15.5 Å². The molecule has 40 heavy (non-hydrogen) atoms. The number of aryl methyl sites for hydroxylation is 1. The van der Waals surface area contributed by atoms with Gasteiger partial charge in [0.05, 0.1) is 30.3 Å². The van der Waals surface area contributed by atoms with Gasteiger partial charge in [0.1, 0.15) is 11.9 Å². The normalized spacial score (nSPS) is 17.8. The Hall–Kier alpha value is -3.46. The van der Waals surface area contributed by atoms with Crippen LogP contribution < -0.4 is 16.5 Å². The minimum atomic E-state index is -4.22. The molecule has 0 bridgehead atoms. The number of ketones is 1. The van der Waals surface area contributed by atoms with Crippen molar-refractivity contribution in [2.24, 2.45) is 5.92 Å². The monoisotopic (exact) mass is 580 g/mol. The molecule has 5 N–H and O–H groups in total. The minimum Gasteiger partial charge on any atom is -0.503 e. The topological polar surface area (TPSA) is 190 Å². The number of anilines is 1. The van der Waals surface area contributed by atoms with Gasteiger partial charge in [-0.3, -0.25) is 9.59 Å². The van der Waals surface area contributed by atoms with Crippen molar-refractivity contribution < 1.29 is 37.7 Å². The van der Waals surface area contributed by atoms with Gasteiger partial charge in [-0.2, -0.15) is 4.31 Å². The smallest absolute Gasteiger partial charge is 0.407 e. The second kappa shape index (κ2) is 13.3. The zero-order valence-electron chi connectivity index (χ0n) is 22.6. The molecule has 1 fully saturated rings. The molecule has 1 saturated heterocycles. The van der Waals surface area contributed by atoms with Gasteiger partial charge in [0.25, 0.3) is 0 Å². The van der Waals surface area contributed by atoms with Crippen LogP contribution in [0.1, 0.15) is 25.8 Å². The fraction of sp³-hybridized carbons (Fsp3) is 0.500. The van der Waals surface area contributed by atoms with Gasteiger partial charge in [0, 0.05) is 56.1 Å². The Labute approximate surface area is 232 Å². The molecule has 0 spiro atoms. The third-order valence-corrected chi connectivity index (χ3v) is 8.67. The lowest BCUT2D eigenvalue weighted by molar-refractivity contribution is -0.120. The number of nitrogen functional groups attached to an aromatic ring is 1. The van der Waals surface area contributed by atoms with Crippen LogP contribution >= 0.6 is 0 Å². The third-order valence-electron chi connectivity index (χ3n) is 6.67. The number of hydrogen-bond donors (Lipinski definition) is 4. The number of aromatic hydroxyl groups is 1. The van der Waals surface area contributed by atoms with Gasteiger partial charge in [-0.15, -0.1) is 0 Å². The number of benzene rings is 1. The van der Waals surface area contributed by atoms with Gasteiger partial charge in [-0.1, -0.05) is 6.92 Å². The number of carbonyl (C=O) groups is 2. The predicted molar refractivity (Wildman–Crippen MR) is 145 cm³/mol. The molecule has 13 nitrogen and oxygen atoms in total. The summed E-state index contributed by atoms with van der Waals surface area (Å²) in [5.74, 6) is -1.48. The van der Waals surface area contributed by atoms with E-state index in [0.29, 0.717) is 24.3 Å². The molecule has 14 heteroatoms. The number of amides is 1. The Morgan fingerprint density at radius 2 is 2.02 bits per heavy atom. The lowest BCUT2D eigenvalue weighted by Crippen LogP contribution is -2.52. The number of Topliss-reactive ketones (excluding diaryl/α,β-unsaturated/α-hetero) is 1. The van der Waals surface area contributed by atoms with Crippen LogP contribution in [-0.4, -0.2) is 83.9 Å². The van der Waals surface area contributed by atoms with Gasteiger partial charge in [-0.25, -0.2) is 13.2 Å². The molecule has 3 rings (SSSR count). The summed E-state index contributed by atoms with van der Waals surface area (Å²) in [6.45, 7) is 4.30. The Bertz CT molecular complexity index is 1370. The van der Waals surface area contributed by atoms with E-state index in [-0.39, 0.29) is 30.4 Å². The van der Waals surface area contributed by atoms with Crippen LogP contribution in [0.15, 0.2) is 46.3 Å². The zero-order chi connectivity index (χ0) is 29.6. The standard InChI is InChI=1S/C26H36N4O9S/c1-16-10-19(27)4-5-25(16)40(36,37)30(11-17(2)18(3)31)14-23(33)21(12-29-8-6-22(32)24(34)13-29)28-26(35)39-20-7-9-38-15-20/h4-6,8,10,13,17,20-21,23,33-34H,7,9,11-12,14-15,27H2,1-3H3,(H,28,35)/t17?,20?,21-,23-/m1/s1. The first-order valence-corrected chi connectivity index (χ1v) is 14.2. The highest BCUT2D eigenvalue weighted by Crippen LogP contribution is 2.24. The number of carbonyl (C=O) groups excluding carboxylic acids is 2. The van der Waals surface area contributed by atoms with E-state index < -0.39 is 58.0 Å². The lowest BCUT2D eigenvalue weighted by Gasteiger charge is -2.31. The van der Waals surface area contributed by atoms with E-state index in [1.54, 1.807) is 13.8 Å². The Morgan fingerprint density at radius 3 is 2.62 bits per heavy atom. The number of nitrogens with two attached hydrogens (primary N) is 1. The summed E-state index contributed by atoms with van der Waals surface area (Å²) in [6, 6.07) is 4.29. The van der Waals surface area contributed by atoms with Crippen molar-refractivity contribution in [2.75, 3.05) is 32.0 Å². The van der Waals surface area contributed by atoms with Crippen molar-refractivity contribution in [3.8, 4) is 5.75 Å². The number of alkyl carbamates (subject to hydrolysis) is 1. The number of nitrogens with one attached hydrogen (secondary N) is 1. The van der Waals surface area contributed by atoms with Crippen molar-refractivity contribution in [1.29, 1.82) is 0 Å². The van der Waals surface area contributed by atoms with E-state index in [1.807, 2.05) is 0 Å². The van der Waals surface area contributed by atoms with E-state index in [1.165, 1.54) is 35.9 Å². The molecule has 2 unspecified atom stereocenters. The van der Waals surface area contributed by atoms with Crippen LogP contribution in [0, 0.1) is 12.8 Å². The molecule has 220 valence electrons. The van der Waals surface area contributed by atoms with E-state index in [4.69, 9.17) is 15.2 Å². The van der Waals surface area contributed by atoms with E-state index >= 15 is 0 Å². The minimum absolute atomic E-state index is 0.0415. The van der Waals surface area contributed by atoms with Crippen molar-refractivity contribution in [1.82, 2.24) is 14.2 Å². The van der Waals surface area contributed by atoms with Crippen LogP contribution in [0.4, 0.5) is 10.5 Å².